The summed E-state index contributed by atoms with van der Waals surface area (Å²) in [5, 5.41) is 0. The van der Waals surface area contributed by atoms with E-state index < -0.39 is 0 Å². The number of carbonyl (C=O) groups is 1. The van der Waals surface area contributed by atoms with Crippen molar-refractivity contribution in [3.8, 4) is 0 Å². The third-order valence-corrected chi connectivity index (χ3v) is 4.30. The summed E-state index contributed by atoms with van der Waals surface area (Å²) in [6.45, 7) is 0.665. The maximum atomic E-state index is 12.4. The van der Waals surface area contributed by atoms with Gasteiger partial charge in [0.15, 0.2) is 0 Å². The summed E-state index contributed by atoms with van der Waals surface area (Å²) in [4.78, 5) is 14.2. The summed E-state index contributed by atoms with van der Waals surface area (Å²) in [6.07, 6.45) is 3.95. The van der Waals surface area contributed by atoms with Gasteiger partial charge in [-0.25, -0.2) is 0 Å². The molecule has 0 aromatic heterocycles. The van der Waals surface area contributed by atoms with Crippen LogP contribution in [0.2, 0.25) is 0 Å². The second kappa shape index (κ2) is 8.01. The lowest BCUT2D eigenvalue weighted by molar-refractivity contribution is -0.135. The quantitative estimate of drug-likeness (QED) is 0.897. The number of halogens is 2. The van der Waals surface area contributed by atoms with Gasteiger partial charge < -0.3 is 10.6 Å². The van der Waals surface area contributed by atoms with Crippen molar-refractivity contribution in [1.82, 2.24) is 4.90 Å². The monoisotopic (exact) mass is 360 g/mol. The predicted molar refractivity (Wildman–Crippen MR) is 87.8 cm³/mol. The van der Waals surface area contributed by atoms with Gasteiger partial charge in [-0.1, -0.05) is 34.5 Å². The van der Waals surface area contributed by atoms with Gasteiger partial charge in [0.1, 0.15) is 0 Å². The molecular weight excluding hydrogens is 340 g/mol. The smallest absolute Gasteiger partial charge is 0.225 e. The molecule has 0 bridgehead atoms. The highest BCUT2D eigenvalue weighted by molar-refractivity contribution is 9.10. The lowest BCUT2D eigenvalue weighted by Crippen LogP contribution is -2.38. The Kier molecular flexibility index (Phi) is 7.00. The molecule has 1 aliphatic carbocycles. The topological polar surface area (TPSA) is 46.3 Å². The van der Waals surface area contributed by atoms with E-state index >= 15 is 0 Å². The fraction of sp³-hybridized carbons (Fsp3) is 0.533. The zero-order valence-electron chi connectivity index (χ0n) is 11.7. The molecule has 1 saturated carbocycles. The minimum absolute atomic E-state index is 0. The van der Waals surface area contributed by atoms with Crippen LogP contribution in [0.1, 0.15) is 31.2 Å². The Morgan fingerprint density at radius 3 is 2.60 bits per heavy atom. The van der Waals surface area contributed by atoms with Gasteiger partial charge in [0, 0.05) is 30.0 Å². The van der Waals surface area contributed by atoms with Crippen molar-refractivity contribution in [2.45, 2.75) is 38.3 Å². The molecular formula is C15H22BrClN2O. The Morgan fingerprint density at radius 1 is 1.35 bits per heavy atom. The number of amides is 1. The van der Waals surface area contributed by atoms with Crippen molar-refractivity contribution in [2.24, 2.45) is 11.7 Å². The highest BCUT2D eigenvalue weighted by Gasteiger charge is 2.27. The van der Waals surface area contributed by atoms with E-state index in [1.54, 1.807) is 0 Å². The Bertz CT molecular complexity index is 438. The molecule has 2 atom stereocenters. The fourth-order valence-corrected chi connectivity index (χ4v) is 2.97. The van der Waals surface area contributed by atoms with Gasteiger partial charge in [-0.15, -0.1) is 12.4 Å². The van der Waals surface area contributed by atoms with E-state index in [2.05, 4.69) is 15.9 Å². The molecule has 2 rings (SSSR count). The number of carbonyl (C=O) groups excluding carboxylic acids is 1. The van der Waals surface area contributed by atoms with E-state index in [-0.39, 0.29) is 30.3 Å². The van der Waals surface area contributed by atoms with Crippen molar-refractivity contribution < 1.29 is 4.79 Å². The maximum absolute atomic E-state index is 12.4. The number of hydrogen-bond acceptors (Lipinski definition) is 2. The van der Waals surface area contributed by atoms with Gasteiger partial charge in [-0.2, -0.15) is 0 Å². The normalized spacial score (nSPS) is 21.9. The first-order chi connectivity index (χ1) is 9.06. The first-order valence-corrected chi connectivity index (χ1v) is 7.60. The van der Waals surface area contributed by atoms with Crippen molar-refractivity contribution in [3.63, 3.8) is 0 Å². The standard InChI is InChI=1S/C15H21BrN2O.ClH/c1-18(10-11-5-7-13(16)8-6-11)15(19)12-3-2-4-14(17)9-12;/h5-8,12,14H,2-4,9-10,17H2,1H3;1H. The van der Waals surface area contributed by atoms with Crippen molar-refractivity contribution >= 4 is 34.2 Å². The van der Waals surface area contributed by atoms with Gasteiger partial charge in [0.2, 0.25) is 5.91 Å². The van der Waals surface area contributed by atoms with Crippen LogP contribution >= 0.6 is 28.3 Å². The number of nitrogens with zero attached hydrogens (tertiary/aromatic N) is 1. The first-order valence-electron chi connectivity index (χ1n) is 6.81. The van der Waals surface area contributed by atoms with Gasteiger partial charge in [0.25, 0.3) is 0 Å². The maximum Gasteiger partial charge on any atom is 0.225 e. The van der Waals surface area contributed by atoms with Gasteiger partial charge in [-0.3, -0.25) is 4.79 Å². The molecule has 1 aliphatic rings. The molecule has 2 unspecified atom stereocenters. The number of rotatable bonds is 3. The molecule has 0 saturated heterocycles. The molecule has 0 spiro atoms. The summed E-state index contributed by atoms with van der Waals surface area (Å²) in [5.41, 5.74) is 7.11. The van der Waals surface area contributed by atoms with Gasteiger partial charge in [-0.05, 0) is 37.0 Å². The van der Waals surface area contributed by atoms with Crippen LogP contribution in [0.3, 0.4) is 0 Å². The van der Waals surface area contributed by atoms with E-state index in [1.165, 1.54) is 0 Å². The highest BCUT2D eigenvalue weighted by Crippen LogP contribution is 2.25. The molecule has 112 valence electrons. The summed E-state index contributed by atoms with van der Waals surface area (Å²) < 4.78 is 1.06. The second-order valence-electron chi connectivity index (χ2n) is 5.44. The van der Waals surface area contributed by atoms with E-state index in [4.69, 9.17) is 5.73 Å². The van der Waals surface area contributed by atoms with Crippen LogP contribution in [-0.2, 0) is 11.3 Å². The Balaban J connectivity index is 0.00000200. The lowest BCUT2D eigenvalue weighted by atomic mass is 9.85. The molecule has 2 N–H and O–H groups in total. The van der Waals surface area contributed by atoms with Crippen LogP contribution in [0.5, 0.6) is 0 Å². The van der Waals surface area contributed by atoms with E-state index in [0.29, 0.717) is 6.54 Å². The third kappa shape index (κ3) is 4.76. The van der Waals surface area contributed by atoms with Crippen LogP contribution in [-0.4, -0.2) is 23.9 Å². The van der Waals surface area contributed by atoms with Gasteiger partial charge >= 0.3 is 0 Å². The molecule has 1 fully saturated rings. The molecule has 3 nitrogen and oxygen atoms in total. The molecule has 0 heterocycles. The number of benzene rings is 1. The summed E-state index contributed by atoms with van der Waals surface area (Å²) in [6, 6.07) is 8.29. The zero-order valence-corrected chi connectivity index (χ0v) is 14.1. The largest absolute Gasteiger partial charge is 0.341 e. The van der Waals surface area contributed by atoms with Crippen LogP contribution in [0.25, 0.3) is 0 Å². The van der Waals surface area contributed by atoms with E-state index in [9.17, 15) is 4.79 Å². The Hall–Kier alpha value is -0.580. The summed E-state index contributed by atoms with van der Waals surface area (Å²) in [5.74, 6) is 0.349. The number of nitrogens with two attached hydrogens (primary N) is 1. The Labute approximate surface area is 135 Å². The predicted octanol–water partition coefficient (Wildman–Crippen LogP) is 3.35. The van der Waals surface area contributed by atoms with Crippen molar-refractivity contribution in [1.29, 1.82) is 0 Å². The minimum atomic E-state index is 0. The van der Waals surface area contributed by atoms with Crippen molar-refractivity contribution in [2.75, 3.05) is 7.05 Å². The van der Waals surface area contributed by atoms with Gasteiger partial charge in [0.05, 0.1) is 0 Å². The fourth-order valence-electron chi connectivity index (χ4n) is 2.71. The zero-order chi connectivity index (χ0) is 13.8. The Morgan fingerprint density at radius 2 is 2.00 bits per heavy atom. The molecule has 0 aliphatic heterocycles. The summed E-state index contributed by atoms with van der Waals surface area (Å²) >= 11 is 3.42. The average Bonchev–Trinajstić information content (AvgIpc) is 2.40. The SMILES string of the molecule is CN(Cc1ccc(Br)cc1)C(=O)C1CCCC(N)C1.Cl. The molecule has 1 amide bonds. The second-order valence-corrected chi connectivity index (χ2v) is 6.36. The molecule has 1 aromatic rings. The molecule has 20 heavy (non-hydrogen) atoms. The number of hydrogen-bond donors (Lipinski definition) is 1. The highest BCUT2D eigenvalue weighted by atomic mass is 79.9. The molecule has 1 aromatic carbocycles. The first kappa shape index (κ1) is 17.5. The van der Waals surface area contributed by atoms with Crippen LogP contribution < -0.4 is 5.73 Å². The average molecular weight is 362 g/mol. The molecule has 5 heteroatoms. The minimum Gasteiger partial charge on any atom is -0.341 e. The summed E-state index contributed by atoms with van der Waals surface area (Å²) in [7, 11) is 1.88. The van der Waals surface area contributed by atoms with Crippen LogP contribution in [0.15, 0.2) is 28.7 Å². The van der Waals surface area contributed by atoms with Crippen LogP contribution in [0, 0.1) is 5.92 Å². The van der Waals surface area contributed by atoms with Crippen molar-refractivity contribution in [3.05, 3.63) is 34.3 Å². The van der Waals surface area contributed by atoms with Crippen LogP contribution in [0.4, 0.5) is 0 Å². The van der Waals surface area contributed by atoms with E-state index in [0.717, 1.165) is 35.7 Å². The van der Waals surface area contributed by atoms with E-state index in [1.807, 2.05) is 36.2 Å². The lowest BCUT2D eigenvalue weighted by Gasteiger charge is -2.29. The molecule has 0 radical (unpaired) electrons. The third-order valence-electron chi connectivity index (χ3n) is 3.77.